The molecular formula is C19H21FN4O2. The van der Waals surface area contributed by atoms with Crippen LogP contribution in [-0.2, 0) is 4.79 Å². The van der Waals surface area contributed by atoms with Crippen LogP contribution in [0.25, 0.3) is 11.0 Å². The Morgan fingerprint density at radius 1 is 1.38 bits per heavy atom. The Morgan fingerprint density at radius 3 is 2.92 bits per heavy atom. The topological polar surface area (TPSA) is 64.2 Å². The molecule has 3 aromatic rings. The van der Waals surface area contributed by atoms with E-state index in [9.17, 15) is 9.18 Å². The second kappa shape index (κ2) is 6.90. The van der Waals surface area contributed by atoms with Gasteiger partial charge in [0.1, 0.15) is 5.82 Å². The highest BCUT2D eigenvalue weighted by Crippen LogP contribution is 2.33. The van der Waals surface area contributed by atoms with Crippen LogP contribution in [0.5, 0.6) is 0 Å². The number of hydrogen-bond acceptors (Lipinski definition) is 4. The van der Waals surface area contributed by atoms with E-state index in [-0.39, 0.29) is 23.7 Å². The van der Waals surface area contributed by atoms with Gasteiger partial charge in [0.2, 0.25) is 5.91 Å². The van der Waals surface area contributed by atoms with Crippen LogP contribution >= 0.6 is 0 Å². The number of carbonyl (C=O) groups excluding carboxylic acids is 1. The number of halogens is 1. The summed E-state index contributed by atoms with van der Waals surface area (Å²) in [4.78, 5) is 14.5. The average Bonchev–Trinajstić information content (AvgIpc) is 3.31. The molecule has 4 rings (SSSR count). The van der Waals surface area contributed by atoms with Gasteiger partial charge in [-0.05, 0) is 38.0 Å². The van der Waals surface area contributed by atoms with Crippen LogP contribution in [0, 0.1) is 5.82 Å². The summed E-state index contributed by atoms with van der Waals surface area (Å²) in [5.41, 5.74) is 1.35. The Labute approximate surface area is 150 Å². The van der Waals surface area contributed by atoms with Gasteiger partial charge < -0.3 is 9.42 Å². The third-order valence-corrected chi connectivity index (χ3v) is 5.14. The maximum Gasteiger partial charge on any atom is 0.224 e. The van der Waals surface area contributed by atoms with Crippen molar-refractivity contribution in [1.82, 2.24) is 19.8 Å². The third kappa shape index (κ3) is 3.21. The Morgan fingerprint density at radius 2 is 2.19 bits per heavy atom. The predicted octanol–water partition coefficient (Wildman–Crippen LogP) is 3.52. The van der Waals surface area contributed by atoms with E-state index in [2.05, 4.69) is 10.3 Å². The molecule has 26 heavy (non-hydrogen) atoms. The molecule has 0 saturated carbocycles. The highest BCUT2D eigenvalue weighted by Gasteiger charge is 2.28. The lowest BCUT2D eigenvalue weighted by Crippen LogP contribution is -2.38. The molecule has 1 aliphatic rings. The highest BCUT2D eigenvalue weighted by molar-refractivity contribution is 5.80. The molecule has 136 valence electrons. The molecule has 0 N–H and O–H groups in total. The number of benzene rings is 1. The van der Waals surface area contributed by atoms with Gasteiger partial charge in [-0.3, -0.25) is 9.48 Å². The van der Waals surface area contributed by atoms with Crippen molar-refractivity contribution in [2.24, 2.45) is 0 Å². The molecule has 1 amide bonds. The first-order valence-electron chi connectivity index (χ1n) is 8.93. The van der Waals surface area contributed by atoms with Gasteiger partial charge in [-0.15, -0.1) is 0 Å². The molecule has 0 radical (unpaired) electrons. The van der Waals surface area contributed by atoms with Crippen LogP contribution in [0.3, 0.4) is 0 Å². The van der Waals surface area contributed by atoms with Crippen molar-refractivity contribution in [2.45, 2.75) is 38.1 Å². The average molecular weight is 356 g/mol. The maximum absolute atomic E-state index is 13.3. The van der Waals surface area contributed by atoms with E-state index in [0.29, 0.717) is 25.1 Å². The largest absolute Gasteiger partial charge is 0.356 e. The molecule has 3 heterocycles. The second-order valence-corrected chi connectivity index (χ2v) is 6.90. The van der Waals surface area contributed by atoms with Gasteiger partial charge in [0.15, 0.2) is 5.58 Å². The molecule has 1 aliphatic heterocycles. The van der Waals surface area contributed by atoms with E-state index >= 15 is 0 Å². The SMILES string of the molecule is C[C@H](CC(=O)N1CCC(c2noc3cc(F)ccc23)CC1)n1cccn1. The lowest BCUT2D eigenvalue weighted by atomic mass is 9.91. The Kier molecular flexibility index (Phi) is 4.44. The molecule has 1 fully saturated rings. The number of rotatable bonds is 4. The van der Waals surface area contributed by atoms with Gasteiger partial charge in [-0.1, -0.05) is 5.16 Å². The van der Waals surface area contributed by atoms with E-state index in [0.717, 1.165) is 23.9 Å². The predicted molar refractivity (Wildman–Crippen MR) is 94.1 cm³/mol. The Hall–Kier alpha value is -2.70. The monoisotopic (exact) mass is 356 g/mol. The van der Waals surface area contributed by atoms with Crippen molar-refractivity contribution in [3.05, 3.63) is 48.2 Å². The maximum atomic E-state index is 13.3. The minimum atomic E-state index is -0.327. The van der Waals surface area contributed by atoms with Crippen LogP contribution in [0.2, 0.25) is 0 Å². The summed E-state index contributed by atoms with van der Waals surface area (Å²) in [6, 6.07) is 6.42. The Bertz CT molecular complexity index is 898. The zero-order valence-electron chi connectivity index (χ0n) is 14.6. The summed E-state index contributed by atoms with van der Waals surface area (Å²) in [6.07, 6.45) is 5.71. The van der Waals surface area contributed by atoms with Crippen molar-refractivity contribution in [3.8, 4) is 0 Å². The molecule has 7 heteroatoms. The molecular weight excluding hydrogens is 335 g/mol. The normalized spacial score (nSPS) is 16.9. The van der Waals surface area contributed by atoms with Gasteiger partial charge in [-0.25, -0.2) is 4.39 Å². The first kappa shape index (κ1) is 16.8. The van der Waals surface area contributed by atoms with Gasteiger partial charge in [-0.2, -0.15) is 5.10 Å². The second-order valence-electron chi connectivity index (χ2n) is 6.90. The molecule has 0 aliphatic carbocycles. The molecule has 2 aromatic heterocycles. The van der Waals surface area contributed by atoms with Gasteiger partial charge >= 0.3 is 0 Å². The quantitative estimate of drug-likeness (QED) is 0.717. The first-order chi connectivity index (χ1) is 12.6. The zero-order chi connectivity index (χ0) is 18.1. The summed E-state index contributed by atoms with van der Waals surface area (Å²) in [7, 11) is 0. The third-order valence-electron chi connectivity index (χ3n) is 5.14. The number of likely N-dealkylation sites (tertiary alicyclic amines) is 1. The zero-order valence-corrected chi connectivity index (χ0v) is 14.6. The number of nitrogens with zero attached hydrogens (tertiary/aromatic N) is 4. The summed E-state index contributed by atoms with van der Waals surface area (Å²) in [5, 5.41) is 9.22. The van der Waals surface area contributed by atoms with Crippen LogP contribution in [0.4, 0.5) is 4.39 Å². The number of hydrogen-bond donors (Lipinski definition) is 0. The summed E-state index contributed by atoms with van der Waals surface area (Å²) < 4.78 is 20.4. The molecule has 1 atom stereocenters. The molecule has 6 nitrogen and oxygen atoms in total. The molecule has 0 spiro atoms. The van der Waals surface area contributed by atoms with Crippen LogP contribution in [-0.4, -0.2) is 38.8 Å². The van der Waals surface area contributed by atoms with Crippen LogP contribution < -0.4 is 0 Å². The minimum Gasteiger partial charge on any atom is -0.356 e. The molecule has 0 unspecified atom stereocenters. The summed E-state index contributed by atoms with van der Waals surface area (Å²) in [5.74, 6) is 0.0553. The van der Waals surface area contributed by atoms with Crippen molar-refractivity contribution in [1.29, 1.82) is 0 Å². The van der Waals surface area contributed by atoms with Crippen LogP contribution in [0.15, 0.2) is 41.2 Å². The van der Waals surface area contributed by atoms with Crippen LogP contribution in [0.1, 0.15) is 43.8 Å². The fourth-order valence-corrected chi connectivity index (χ4v) is 3.64. The van der Waals surface area contributed by atoms with Crippen molar-refractivity contribution >= 4 is 16.9 Å². The van der Waals surface area contributed by atoms with Crippen molar-refractivity contribution < 1.29 is 13.7 Å². The van der Waals surface area contributed by atoms with Gasteiger partial charge in [0, 0.05) is 49.3 Å². The fourth-order valence-electron chi connectivity index (χ4n) is 3.64. The minimum absolute atomic E-state index is 0.0459. The van der Waals surface area contributed by atoms with Gasteiger partial charge in [0.25, 0.3) is 0 Å². The van der Waals surface area contributed by atoms with E-state index in [1.165, 1.54) is 12.1 Å². The van der Waals surface area contributed by atoms with Crippen molar-refractivity contribution in [2.75, 3.05) is 13.1 Å². The number of carbonyl (C=O) groups is 1. The lowest BCUT2D eigenvalue weighted by molar-refractivity contribution is -0.133. The standard InChI is InChI=1S/C19H21FN4O2/c1-13(24-8-2-7-21-24)11-18(25)23-9-5-14(6-10-23)19-16-4-3-15(20)12-17(16)26-22-19/h2-4,7-8,12-14H,5-6,9-11H2,1H3/t13-/m1/s1. The van der Waals surface area contributed by atoms with Crippen molar-refractivity contribution in [3.63, 3.8) is 0 Å². The highest BCUT2D eigenvalue weighted by atomic mass is 19.1. The number of piperidine rings is 1. The molecule has 1 saturated heterocycles. The number of fused-ring (bicyclic) bond motifs is 1. The van der Waals surface area contributed by atoms with E-state index < -0.39 is 0 Å². The summed E-state index contributed by atoms with van der Waals surface area (Å²) >= 11 is 0. The first-order valence-corrected chi connectivity index (χ1v) is 8.93. The summed E-state index contributed by atoms with van der Waals surface area (Å²) in [6.45, 7) is 3.40. The molecule has 0 bridgehead atoms. The number of aromatic nitrogens is 3. The molecule has 1 aromatic carbocycles. The van der Waals surface area contributed by atoms with E-state index in [4.69, 9.17) is 4.52 Å². The van der Waals surface area contributed by atoms with Gasteiger partial charge in [0.05, 0.1) is 11.7 Å². The van der Waals surface area contributed by atoms with E-state index in [1.54, 1.807) is 12.3 Å². The smallest absolute Gasteiger partial charge is 0.224 e. The van der Waals surface area contributed by atoms with E-state index in [1.807, 2.05) is 28.8 Å². The number of amides is 1. The lowest BCUT2D eigenvalue weighted by Gasteiger charge is -2.32. The Balaban J connectivity index is 1.38. The fraction of sp³-hybridized carbons (Fsp3) is 0.421.